The fourth-order valence-electron chi connectivity index (χ4n) is 0.672. The lowest BCUT2D eigenvalue weighted by atomic mass is 10.4. The summed E-state index contributed by atoms with van der Waals surface area (Å²) in [6.07, 6.45) is 0. The van der Waals surface area contributed by atoms with Crippen molar-refractivity contribution in [1.82, 2.24) is 4.98 Å². The molecule has 0 aliphatic rings. The zero-order valence-corrected chi connectivity index (χ0v) is 11.3. The van der Waals surface area contributed by atoms with Crippen molar-refractivity contribution in [3.8, 4) is 5.88 Å². The van der Waals surface area contributed by atoms with Gasteiger partial charge in [-0.25, -0.2) is 4.98 Å². The predicted octanol–water partition coefficient (Wildman–Crippen LogP) is 3.33. The van der Waals surface area contributed by atoms with E-state index in [0.717, 1.165) is 15.5 Å². The molecule has 0 amide bonds. The highest BCUT2D eigenvalue weighted by molar-refractivity contribution is 9.10. The Bertz CT molecular complexity index is 254. The lowest BCUT2D eigenvalue weighted by molar-refractivity contribution is 0.396. The van der Waals surface area contributed by atoms with Gasteiger partial charge in [-0.05, 0) is 22.0 Å². The molecule has 12 heavy (non-hydrogen) atoms. The first-order chi connectivity index (χ1) is 5.27. The van der Waals surface area contributed by atoms with E-state index in [-0.39, 0.29) is 17.0 Å². The summed E-state index contributed by atoms with van der Waals surface area (Å²) in [5.74, 6) is 0.641. The molecule has 1 aromatic rings. The molecule has 0 aliphatic heterocycles. The third-order valence-corrected chi connectivity index (χ3v) is 2.48. The van der Waals surface area contributed by atoms with Crippen molar-refractivity contribution < 1.29 is 4.74 Å². The summed E-state index contributed by atoms with van der Waals surface area (Å²) < 4.78 is 5.95. The summed E-state index contributed by atoms with van der Waals surface area (Å²) in [4.78, 5) is 4.19. The number of alkyl halides is 1. The number of halogens is 3. The van der Waals surface area contributed by atoms with Gasteiger partial charge >= 0.3 is 0 Å². The van der Waals surface area contributed by atoms with Gasteiger partial charge < -0.3 is 4.74 Å². The van der Waals surface area contributed by atoms with Crippen LogP contribution in [0.2, 0.25) is 0 Å². The zero-order valence-electron chi connectivity index (χ0n) is 6.38. The van der Waals surface area contributed by atoms with Crippen LogP contribution in [-0.2, 0) is 5.33 Å². The van der Waals surface area contributed by atoms with Gasteiger partial charge in [-0.2, -0.15) is 0 Å². The van der Waals surface area contributed by atoms with E-state index in [4.69, 9.17) is 4.74 Å². The SMILES string of the molecule is Br.COc1ccc(Br)c(CBr)n1. The lowest BCUT2D eigenvalue weighted by Crippen LogP contribution is -1.91. The standard InChI is InChI=1S/C7H7Br2NO.BrH/c1-11-7-3-2-5(9)6(4-8)10-7;/h2-3H,4H2,1H3;1H. The quantitative estimate of drug-likeness (QED) is 0.754. The highest BCUT2D eigenvalue weighted by atomic mass is 79.9. The minimum absolute atomic E-state index is 0. The molecule has 0 aromatic carbocycles. The molecule has 5 heteroatoms. The van der Waals surface area contributed by atoms with Crippen molar-refractivity contribution in [3.63, 3.8) is 0 Å². The minimum Gasteiger partial charge on any atom is -0.481 e. The summed E-state index contributed by atoms with van der Waals surface area (Å²) in [7, 11) is 1.61. The molecule has 0 aliphatic carbocycles. The van der Waals surface area contributed by atoms with Gasteiger partial charge in [-0.15, -0.1) is 17.0 Å². The molecule has 0 radical (unpaired) electrons. The van der Waals surface area contributed by atoms with Gasteiger partial charge in [-0.1, -0.05) is 15.9 Å². The summed E-state index contributed by atoms with van der Waals surface area (Å²) in [6, 6.07) is 3.73. The molecule has 1 aromatic heterocycles. The maximum absolute atomic E-state index is 4.96. The molecule has 0 bridgehead atoms. The van der Waals surface area contributed by atoms with Crippen LogP contribution in [-0.4, -0.2) is 12.1 Å². The van der Waals surface area contributed by atoms with Gasteiger partial charge in [0, 0.05) is 15.9 Å². The Balaban J connectivity index is 0.00000121. The van der Waals surface area contributed by atoms with E-state index in [1.54, 1.807) is 7.11 Å². The number of nitrogens with zero attached hydrogens (tertiary/aromatic N) is 1. The van der Waals surface area contributed by atoms with Crippen LogP contribution in [0.15, 0.2) is 16.6 Å². The zero-order chi connectivity index (χ0) is 8.27. The van der Waals surface area contributed by atoms with Crippen LogP contribution in [0.4, 0.5) is 0 Å². The molecule has 0 unspecified atom stereocenters. The molecular weight excluding hydrogens is 354 g/mol. The fraction of sp³-hybridized carbons (Fsp3) is 0.286. The highest BCUT2D eigenvalue weighted by Gasteiger charge is 2.00. The van der Waals surface area contributed by atoms with Crippen molar-refractivity contribution in [2.75, 3.05) is 7.11 Å². The van der Waals surface area contributed by atoms with Crippen molar-refractivity contribution in [2.24, 2.45) is 0 Å². The van der Waals surface area contributed by atoms with Crippen LogP contribution >= 0.6 is 48.8 Å². The lowest BCUT2D eigenvalue weighted by Gasteiger charge is -2.01. The van der Waals surface area contributed by atoms with E-state index in [1.807, 2.05) is 12.1 Å². The van der Waals surface area contributed by atoms with Gasteiger partial charge in [0.1, 0.15) is 0 Å². The molecular formula is C7H8Br3NO. The summed E-state index contributed by atoms with van der Waals surface area (Å²) >= 11 is 6.70. The van der Waals surface area contributed by atoms with E-state index < -0.39 is 0 Å². The largest absolute Gasteiger partial charge is 0.481 e. The number of methoxy groups -OCH3 is 1. The van der Waals surface area contributed by atoms with E-state index in [0.29, 0.717) is 5.88 Å². The Labute approximate surface area is 98.7 Å². The molecule has 0 fully saturated rings. The van der Waals surface area contributed by atoms with E-state index in [9.17, 15) is 0 Å². The van der Waals surface area contributed by atoms with Crippen LogP contribution < -0.4 is 4.74 Å². The van der Waals surface area contributed by atoms with Gasteiger partial charge in [0.2, 0.25) is 5.88 Å². The third kappa shape index (κ3) is 3.03. The monoisotopic (exact) mass is 359 g/mol. The van der Waals surface area contributed by atoms with Crippen LogP contribution in [0.3, 0.4) is 0 Å². The molecule has 1 rings (SSSR count). The Kier molecular flexibility index (Phi) is 6.13. The second kappa shape index (κ2) is 5.94. The number of hydrogen-bond acceptors (Lipinski definition) is 2. The Hall–Kier alpha value is 0.390. The van der Waals surface area contributed by atoms with E-state index in [2.05, 4.69) is 36.8 Å². The normalized spacial score (nSPS) is 8.92. The van der Waals surface area contributed by atoms with Crippen LogP contribution in [0.25, 0.3) is 0 Å². The first-order valence-corrected chi connectivity index (χ1v) is 4.94. The van der Waals surface area contributed by atoms with Crippen molar-refractivity contribution in [1.29, 1.82) is 0 Å². The average Bonchev–Trinajstić information content (AvgIpc) is 2.05. The molecule has 0 N–H and O–H groups in total. The van der Waals surface area contributed by atoms with Gasteiger partial charge in [0.25, 0.3) is 0 Å². The van der Waals surface area contributed by atoms with Gasteiger partial charge in [-0.3, -0.25) is 0 Å². The second-order valence-corrected chi connectivity index (χ2v) is 3.33. The highest BCUT2D eigenvalue weighted by Crippen LogP contribution is 2.20. The average molecular weight is 362 g/mol. The number of hydrogen-bond donors (Lipinski definition) is 0. The Morgan fingerprint density at radius 3 is 2.67 bits per heavy atom. The third-order valence-electron chi connectivity index (χ3n) is 1.23. The minimum atomic E-state index is 0. The number of aromatic nitrogens is 1. The van der Waals surface area contributed by atoms with E-state index in [1.165, 1.54) is 0 Å². The first-order valence-electron chi connectivity index (χ1n) is 3.03. The summed E-state index contributed by atoms with van der Waals surface area (Å²) in [5, 5.41) is 0.727. The van der Waals surface area contributed by atoms with Gasteiger partial charge in [0.15, 0.2) is 0 Å². The number of ether oxygens (including phenoxy) is 1. The smallest absolute Gasteiger partial charge is 0.213 e. The second-order valence-electron chi connectivity index (χ2n) is 1.92. The van der Waals surface area contributed by atoms with Crippen LogP contribution in [0.5, 0.6) is 5.88 Å². The van der Waals surface area contributed by atoms with Crippen molar-refractivity contribution in [2.45, 2.75) is 5.33 Å². The van der Waals surface area contributed by atoms with Crippen molar-refractivity contribution >= 4 is 48.8 Å². The maximum atomic E-state index is 4.96. The Morgan fingerprint density at radius 1 is 1.50 bits per heavy atom. The summed E-state index contributed by atoms with van der Waals surface area (Å²) in [5.41, 5.74) is 0.948. The Morgan fingerprint density at radius 2 is 2.17 bits per heavy atom. The van der Waals surface area contributed by atoms with Crippen LogP contribution in [0, 0.1) is 0 Å². The van der Waals surface area contributed by atoms with Gasteiger partial charge in [0.05, 0.1) is 12.8 Å². The maximum Gasteiger partial charge on any atom is 0.213 e. The molecule has 0 atom stereocenters. The summed E-state index contributed by atoms with van der Waals surface area (Å²) in [6.45, 7) is 0. The molecule has 0 saturated heterocycles. The first kappa shape index (κ1) is 12.4. The fourth-order valence-corrected chi connectivity index (χ4v) is 1.84. The number of pyridine rings is 1. The number of rotatable bonds is 2. The molecule has 68 valence electrons. The molecule has 1 heterocycles. The molecule has 2 nitrogen and oxygen atoms in total. The van der Waals surface area contributed by atoms with Crippen molar-refractivity contribution in [3.05, 3.63) is 22.3 Å². The predicted molar refractivity (Wildman–Crippen MR) is 61.4 cm³/mol. The topological polar surface area (TPSA) is 22.1 Å². The van der Waals surface area contributed by atoms with Crippen LogP contribution in [0.1, 0.15) is 5.69 Å². The van der Waals surface area contributed by atoms with E-state index >= 15 is 0 Å². The molecule has 0 spiro atoms. The molecule has 0 saturated carbocycles.